The quantitative estimate of drug-likeness (QED) is 0.542. The van der Waals surface area contributed by atoms with E-state index in [4.69, 9.17) is 11.6 Å². The van der Waals surface area contributed by atoms with Crippen LogP contribution in [0.4, 0.5) is 5.69 Å². The first-order valence-corrected chi connectivity index (χ1v) is 11.1. The molecule has 2 aromatic carbocycles. The second kappa shape index (κ2) is 6.79. The molecule has 1 saturated heterocycles. The van der Waals surface area contributed by atoms with Crippen molar-refractivity contribution in [1.82, 2.24) is 4.90 Å². The second-order valence-corrected chi connectivity index (χ2v) is 9.41. The molecule has 2 aromatic rings. The lowest BCUT2D eigenvalue weighted by molar-refractivity contribution is -0.140. The summed E-state index contributed by atoms with van der Waals surface area (Å²) in [6.45, 7) is -0.0885. The number of nitrogens with zero attached hydrogens (tertiary/aromatic N) is 2. The Morgan fingerprint density at radius 1 is 0.903 bits per heavy atom. The summed E-state index contributed by atoms with van der Waals surface area (Å²) in [5.74, 6) is 0.333. The number of carbonyl (C=O) groups excluding carboxylic acids is 3. The molecule has 156 valence electrons. The van der Waals surface area contributed by atoms with Crippen LogP contribution in [0.5, 0.6) is 0 Å². The molecule has 0 aromatic heterocycles. The highest BCUT2D eigenvalue weighted by atomic mass is 35.5. The molecule has 0 spiro atoms. The van der Waals surface area contributed by atoms with Gasteiger partial charge in [0.05, 0.1) is 11.8 Å². The van der Waals surface area contributed by atoms with Crippen molar-refractivity contribution < 1.29 is 14.4 Å². The van der Waals surface area contributed by atoms with Crippen LogP contribution in [0.3, 0.4) is 0 Å². The van der Waals surface area contributed by atoms with E-state index in [0.717, 1.165) is 6.42 Å². The van der Waals surface area contributed by atoms with Crippen LogP contribution >= 0.6 is 11.6 Å². The molecular weight excluding hydrogens is 412 g/mol. The third-order valence-electron chi connectivity index (χ3n) is 7.44. The Kier molecular flexibility index (Phi) is 4.12. The molecule has 1 heterocycles. The van der Waals surface area contributed by atoms with E-state index in [1.807, 2.05) is 6.07 Å². The number of carbonyl (C=O) groups is 3. The van der Waals surface area contributed by atoms with Crippen LogP contribution in [0.15, 0.2) is 66.7 Å². The van der Waals surface area contributed by atoms with Crippen LogP contribution in [0.1, 0.15) is 16.8 Å². The zero-order chi connectivity index (χ0) is 21.3. The Balaban J connectivity index is 1.34. The number of rotatable bonds is 4. The lowest BCUT2D eigenvalue weighted by Crippen LogP contribution is -2.45. The first-order valence-electron chi connectivity index (χ1n) is 10.7. The summed E-state index contributed by atoms with van der Waals surface area (Å²) in [5.41, 5.74) is 1.09. The van der Waals surface area contributed by atoms with Gasteiger partial charge in [-0.2, -0.15) is 0 Å². The SMILES string of the molecule is O=C1[C@@H]2[C@H]3C=C[C@@H]([C@@H]4C[C@H]34)[C@H]2C(=O)N1CN(C(=O)c1ccccc1)c1ccc(Cl)cc1. The molecule has 3 amide bonds. The Morgan fingerprint density at radius 3 is 2.06 bits per heavy atom. The molecular formula is C25H21ClN2O3. The summed E-state index contributed by atoms with van der Waals surface area (Å²) in [7, 11) is 0. The summed E-state index contributed by atoms with van der Waals surface area (Å²) in [5, 5.41) is 0.553. The number of imide groups is 1. The van der Waals surface area contributed by atoms with Crippen molar-refractivity contribution in [3.05, 3.63) is 77.3 Å². The van der Waals surface area contributed by atoms with Gasteiger partial charge in [-0.15, -0.1) is 0 Å². The molecule has 2 bridgehead atoms. The molecule has 6 atom stereocenters. The number of hydrogen-bond acceptors (Lipinski definition) is 3. The number of halogens is 1. The van der Waals surface area contributed by atoms with Crippen LogP contribution in [0.2, 0.25) is 5.02 Å². The van der Waals surface area contributed by atoms with Gasteiger partial charge >= 0.3 is 0 Å². The minimum absolute atomic E-state index is 0.0885. The Morgan fingerprint density at radius 2 is 1.48 bits per heavy atom. The Hall–Kier alpha value is -2.92. The van der Waals surface area contributed by atoms with E-state index < -0.39 is 0 Å². The van der Waals surface area contributed by atoms with Gasteiger partial charge in [-0.25, -0.2) is 0 Å². The lowest BCUT2D eigenvalue weighted by Gasteiger charge is -2.37. The van der Waals surface area contributed by atoms with Gasteiger partial charge in [0.2, 0.25) is 11.8 Å². The van der Waals surface area contributed by atoms with Crippen molar-refractivity contribution in [3.8, 4) is 0 Å². The topological polar surface area (TPSA) is 57.7 Å². The van der Waals surface area contributed by atoms with Crippen LogP contribution in [0, 0.1) is 35.5 Å². The molecule has 5 nitrogen and oxygen atoms in total. The van der Waals surface area contributed by atoms with E-state index in [0.29, 0.717) is 28.1 Å². The number of amides is 3. The monoisotopic (exact) mass is 432 g/mol. The maximum atomic E-state index is 13.4. The van der Waals surface area contributed by atoms with Crippen LogP contribution in [-0.2, 0) is 9.59 Å². The van der Waals surface area contributed by atoms with Gasteiger partial charge in [-0.05, 0) is 66.5 Å². The first kappa shape index (κ1) is 18.8. The van der Waals surface area contributed by atoms with Gasteiger partial charge < -0.3 is 0 Å². The predicted molar refractivity (Wildman–Crippen MR) is 116 cm³/mol. The maximum absolute atomic E-state index is 13.4. The average Bonchev–Trinajstić information content (AvgIpc) is 3.58. The largest absolute Gasteiger partial charge is 0.290 e. The second-order valence-electron chi connectivity index (χ2n) is 8.98. The highest BCUT2D eigenvalue weighted by molar-refractivity contribution is 6.30. The minimum Gasteiger partial charge on any atom is -0.290 e. The van der Waals surface area contributed by atoms with E-state index in [1.54, 1.807) is 48.5 Å². The molecule has 0 radical (unpaired) electrons. The summed E-state index contributed by atoms with van der Waals surface area (Å²) in [6.07, 6.45) is 5.43. The van der Waals surface area contributed by atoms with E-state index >= 15 is 0 Å². The van der Waals surface area contributed by atoms with Crippen molar-refractivity contribution >= 4 is 35.0 Å². The fourth-order valence-corrected chi connectivity index (χ4v) is 6.05. The molecule has 2 saturated carbocycles. The summed E-state index contributed by atoms with van der Waals surface area (Å²) in [4.78, 5) is 43.0. The van der Waals surface area contributed by atoms with Gasteiger partial charge in [0, 0.05) is 16.3 Å². The molecule has 31 heavy (non-hydrogen) atoms. The van der Waals surface area contributed by atoms with Crippen LogP contribution < -0.4 is 4.90 Å². The van der Waals surface area contributed by atoms with Crippen molar-refractivity contribution in [2.24, 2.45) is 35.5 Å². The number of allylic oxidation sites excluding steroid dienone is 2. The molecule has 0 N–H and O–H groups in total. The Labute approximate surface area is 185 Å². The number of benzene rings is 2. The normalized spacial score (nSPS) is 32.1. The lowest BCUT2D eigenvalue weighted by atomic mass is 9.63. The van der Waals surface area contributed by atoms with Gasteiger partial charge in [0.15, 0.2) is 0 Å². The number of likely N-dealkylation sites (tertiary alicyclic amines) is 1. The fraction of sp³-hybridized carbons (Fsp3) is 0.320. The maximum Gasteiger partial charge on any atom is 0.259 e. The highest BCUT2D eigenvalue weighted by Crippen LogP contribution is 2.65. The van der Waals surface area contributed by atoms with Crippen LogP contribution in [-0.4, -0.2) is 29.3 Å². The number of hydrogen-bond donors (Lipinski definition) is 0. The van der Waals surface area contributed by atoms with E-state index in [1.165, 1.54) is 9.80 Å². The third-order valence-corrected chi connectivity index (χ3v) is 7.69. The molecule has 1 aliphatic heterocycles. The molecule has 4 aliphatic carbocycles. The smallest absolute Gasteiger partial charge is 0.259 e. The van der Waals surface area contributed by atoms with E-state index in [2.05, 4.69) is 12.2 Å². The molecule has 0 unspecified atom stereocenters. The summed E-state index contributed by atoms with van der Waals surface area (Å²) in [6, 6.07) is 15.8. The average molecular weight is 433 g/mol. The fourth-order valence-electron chi connectivity index (χ4n) is 5.92. The first-order chi connectivity index (χ1) is 15.0. The van der Waals surface area contributed by atoms with Gasteiger partial charge in [0.25, 0.3) is 5.91 Å². The summed E-state index contributed by atoms with van der Waals surface area (Å²) >= 11 is 6.04. The van der Waals surface area contributed by atoms with Crippen molar-refractivity contribution in [2.75, 3.05) is 11.6 Å². The molecule has 5 aliphatic rings. The van der Waals surface area contributed by atoms with Crippen molar-refractivity contribution in [3.63, 3.8) is 0 Å². The Bertz CT molecular complexity index is 1080. The van der Waals surface area contributed by atoms with Gasteiger partial charge in [-0.1, -0.05) is 42.0 Å². The van der Waals surface area contributed by atoms with E-state index in [-0.39, 0.29) is 48.1 Å². The van der Waals surface area contributed by atoms with Crippen LogP contribution in [0.25, 0.3) is 0 Å². The standard InChI is InChI=1S/C25H21ClN2O3/c26-15-6-8-16(9-7-15)27(23(29)14-4-2-1-3-5-14)13-28-24(30)21-17-10-11-18(20-12-19(17)20)22(21)25(28)31/h1-11,17-22H,12-13H2/t17-,18-,19-,20+,21+,22+/m0/s1. The van der Waals surface area contributed by atoms with Gasteiger partial charge in [-0.3, -0.25) is 24.2 Å². The molecule has 3 fully saturated rings. The zero-order valence-electron chi connectivity index (χ0n) is 16.7. The minimum atomic E-state index is -0.273. The molecule has 6 heteroatoms. The van der Waals surface area contributed by atoms with Crippen molar-refractivity contribution in [2.45, 2.75) is 6.42 Å². The van der Waals surface area contributed by atoms with Crippen molar-refractivity contribution in [1.29, 1.82) is 0 Å². The highest BCUT2D eigenvalue weighted by Gasteiger charge is 2.67. The number of anilines is 1. The third kappa shape index (κ3) is 2.79. The predicted octanol–water partition coefficient (Wildman–Crippen LogP) is 4.00. The zero-order valence-corrected chi connectivity index (χ0v) is 17.5. The van der Waals surface area contributed by atoms with Gasteiger partial charge in [0.1, 0.15) is 6.67 Å². The summed E-state index contributed by atoms with van der Waals surface area (Å²) < 4.78 is 0. The molecule has 7 rings (SSSR count). The van der Waals surface area contributed by atoms with E-state index in [9.17, 15) is 14.4 Å².